The molecule has 1 atom stereocenters. The summed E-state index contributed by atoms with van der Waals surface area (Å²) in [6.07, 6.45) is 8.83. The van der Waals surface area contributed by atoms with Gasteiger partial charge in [-0.15, -0.1) is 0 Å². The molecule has 130 valence electrons. The topological polar surface area (TPSA) is 92.2 Å². The van der Waals surface area contributed by atoms with Gasteiger partial charge in [0.2, 0.25) is 0 Å². The fourth-order valence-electron chi connectivity index (χ4n) is 3.23. The van der Waals surface area contributed by atoms with Crippen molar-refractivity contribution < 1.29 is 9.59 Å². The highest BCUT2D eigenvalue weighted by atomic mass is 16.2. The third-order valence-electron chi connectivity index (χ3n) is 4.40. The van der Waals surface area contributed by atoms with Crippen LogP contribution in [0.2, 0.25) is 0 Å². The Balaban J connectivity index is 2.09. The quantitative estimate of drug-likeness (QED) is 0.820. The molecule has 25 heavy (non-hydrogen) atoms. The van der Waals surface area contributed by atoms with E-state index in [2.05, 4.69) is 19.9 Å². The molecule has 8 nitrogen and oxygen atoms in total. The zero-order valence-electron chi connectivity index (χ0n) is 14.5. The summed E-state index contributed by atoms with van der Waals surface area (Å²) in [6, 6.07) is 0. The number of carbonyl (C=O) groups is 2. The molecule has 1 aliphatic rings. The Hall–Kier alpha value is -2.90. The van der Waals surface area contributed by atoms with Crippen molar-refractivity contribution in [3.05, 3.63) is 48.1 Å². The van der Waals surface area contributed by atoms with Crippen LogP contribution in [0.5, 0.6) is 0 Å². The van der Waals surface area contributed by atoms with E-state index in [0.29, 0.717) is 36.5 Å². The fraction of sp³-hybridized carbons (Fsp3) is 0.412. The second kappa shape index (κ2) is 6.54. The number of hydrogen-bond acceptors (Lipinski definition) is 6. The first kappa shape index (κ1) is 16.9. The molecule has 0 aromatic carbocycles. The van der Waals surface area contributed by atoms with Gasteiger partial charge < -0.3 is 9.80 Å². The first-order valence-corrected chi connectivity index (χ1v) is 8.05. The molecule has 0 saturated carbocycles. The van der Waals surface area contributed by atoms with Gasteiger partial charge in [-0.05, 0) is 19.8 Å². The Morgan fingerprint density at radius 2 is 1.84 bits per heavy atom. The average Bonchev–Trinajstić information content (AvgIpc) is 3.07. The molecule has 0 aliphatic carbocycles. The van der Waals surface area contributed by atoms with Crippen LogP contribution in [0.15, 0.2) is 31.0 Å². The number of hydrogen-bond donors (Lipinski definition) is 0. The van der Waals surface area contributed by atoms with Crippen molar-refractivity contribution in [3.8, 4) is 0 Å². The number of aromatic nitrogens is 4. The minimum absolute atomic E-state index is 0.188. The van der Waals surface area contributed by atoms with Crippen LogP contribution in [-0.4, -0.2) is 62.2 Å². The van der Waals surface area contributed by atoms with Gasteiger partial charge >= 0.3 is 0 Å². The lowest BCUT2D eigenvalue weighted by Crippen LogP contribution is -2.55. The van der Waals surface area contributed by atoms with Crippen molar-refractivity contribution in [3.63, 3.8) is 0 Å². The summed E-state index contributed by atoms with van der Waals surface area (Å²) in [6.45, 7) is 2.21. The maximum Gasteiger partial charge on any atom is 0.258 e. The monoisotopic (exact) mass is 340 g/mol. The van der Waals surface area contributed by atoms with E-state index in [1.807, 2.05) is 0 Å². The van der Waals surface area contributed by atoms with E-state index in [0.717, 1.165) is 0 Å². The Bertz CT molecular complexity index is 777. The lowest BCUT2D eigenvalue weighted by Gasteiger charge is -2.38. The molecule has 1 fully saturated rings. The van der Waals surface area contributed by atoms with Crippen molar-refractivity contribution in [1.29, 1.82) is 0 Å². The molecule has 1 saturated heterocycles. The minimum Gasteiger partial charge on any atom is -0.346 e. The fourth-order valence-corrected chi connectivity index (χ4v) is 3.23. The van der Waals surface area contributed by atoms with Crippen LogP contribution >= 0.6 is 0 Å². The molecule has 1 unspecified atom stereocenters. The van der Waals surface area contributed by atoms with Crippen molar-refractivity contribution >= 4 is 11.8 Å². The van der Waals surface area contributed by atoms with Crippen LogP contribution in [0.1, 0.15) is 34.7 Å². The number of nitrogens with zero attached hydrogens (tertiary/aromatic N) is 6. The van der Waals surface area contributed by atoms with E-state index in [1.165, 1.54) is 23.5 Å². The molecular weight excluding hydrogens is 320 g/mol. The van der Waals surface area contributed by atoms with E-state index in [9.17, 15) is 9.59 Å². The second-order valence-electron chi connectivity index (χ2n) is 6.23. The van der Waals surface area contributed by atoms with Gasteiger partial charge in [-0.3, -0.25) is 19.6 Å². The van der Waals surface area contributed by atoms with Gasteiger partial charge in [-0.25, -0.2) is 9.97 Å². The predicted molar refractivity (Wildman–Crippen MR) is 89.4 cm³/mol. The third kappa shape index (κ3) is 2.84. The van der Waals surface area contributed by atoms with Crippen molar-refractivity contribution in [1.82, 2.24) is 29.7 Å². The molecule has 0 N–H and O–H groups in total. The van der Waals surface area contributed by atoms with Crippen molar-refractivity contribution in [2.24, 2.45) is 0 Å². The molecule has 2 aromatic rings. The summed E-state index contributed by atoms with van der Waals surface area (Å²) < 4.78 is 0. The van der Waals surface area contributed by atoms with E-state index in [1.54, 1.807) is 38.3 Å². The number of aryl methyl sites for hydroxylation is 1. The lowest BCUT2D eigenvalue weighted by molar-refractivity contribution is -0.140. The number of likely N-dealkylation sites (N-methyl/N-ethyl adjacent to an activating group) is 1. The molecule has 3 rings (SSSR count). The Morgan fingerprint density at radius 1 is 1.12 bits per heavy atom. The number of carbonyl (C=O) groups excluding carboxylic acids is 2. The number of amides is 2. The molecule has 0 radical (unpaired) electrons. The standard InChI is InChI=1S/C17H20N6O2/c1-12-20-9-13(10-21-12)15(24)23-8-4-5-17(23,16(25)22(2)3)14-11-18-6-7-19-14/h6-7,9-11H,4-5,8H2,1-3H3. The van der Waals surface area contributed by atoms with Crippen LogP contribution in [0.25, 0.3) is 0 Å². The highest BCUT2D eigenvalue weighted by Crippen LogP contribution is 2.40. The van der Waals surface area contributed by atoms with E-state index >= 15 is 0 Å². The largest absolute Gasteiger partial charge is 0.346 e. The van der Waals surface area contributed by atoms with E-state index in [-0.39, 0.29) is 11.8 Å². The summed E-state index contributed by atoms with van der Waals surface area (Å²) in [5.41, 5.74) is -0.320. The lowest BCUT2D eigenvalue weighted by atomic mass is 9.90. The molecule has 8 heteroatoms. The highest BCUT2D eigenvalue weighted by Gasteiger charge is 2.53. The summed E-state index contributed by atoms with van der Waals surface area (Å²) in [7, 11) is 3.35. The molecule has 0 spiro atoms. The number of rotatable bonds is 3. The van der Waals surface area contributed by atoms with Crippen molar-refractivity contribution in [2.75, 3.05) is 20.6 Å². The normalized spacial score (nSPS) is 19.7. The number of likely N-dealkylation sites (tertiary alicyclic amines) is 1. The van der Waals surface area contributed by atoms with Gasteiger partial charge in [0.1, 0.15) is 5.82 Å². The smallest absolute Gasteiger partial charge is 0.258 e. The third-order valence-corrected chi connectivity index (χ3v) is 4.40. The average molecular weight is 340 g/mol. The summed E-state index contributed by atoms with van der Waals surface area (Å²) in [5.74, 6) is 0.118. The first-order chi connectivity index (χ1) is 12.0. The molecular formula is C17H20N6O2. The highest BCUT2D eigenvalue weighted by molar-refractivity contribution is 5.99. The van der Waals surface area contributed by atoms with Gasteiger partial charge in [-0.2, -0.15) is 0 Å². The maximum absolute atomic E-state index is 13.1. The van der Waals surface area contributed by atoms with Gasteiger partial charge in [0, 0.05) is 45.4 Å². The van der Waals surface area contributed by atoms with Crippen LogP contribution in [-0.2, 0) is 10.3 Å². The van der Waals surface area contributed by atoms with E-state index in [4.69, 9.17) is 0 Å². The first-order valence-electron chi connectivity index (χ1n) is 8.05. The molecule has 0 bridgehead atoms. The van der Waals surface area contributed by atoms with Gasteiger partial charge in [0.15, 0.2) is 5.54 Å². The van der Waals surface area contributed by atoms with Crippen LogP contribution in [0.4, 0.5) is 0 Å². The van der Waals surface area contributed by atoms with Gasteiger partial charge in [-0.1, -0.05) is 0 Å². The predicted octanol–water partition coefficient (Wildman–Crippen LogP) is 0.795. The minimum atomic E-state index is -1.15. The van der Waals surface area contributed by atoms with Crippen molar-refractivity contribution in [2.45, 2.75) is 25.3 Å². The molecule has 2 amide bonds. The van der Waals surface area contributed by atoms with E-state index < -0.39 is 5.54 Å². The molecule has 2 aromatic heterocycles. The summed E-state index contributed by atoms with van der Waals surface area (Å²) in [5, 5.41) is 0. The Kier molecular flexibility index (Phi) is 4.43. The van der Waals surface area contributed by atoms with Crippen LogP contribution in [0, 0.1) is 6.92 Å². The zero-order valence-corrected chi connectivity index (χ0v) is 14.5. The zero-order chi connectivity index (χ0) is 18.0. The SMILES string of the molecule is Cc1ncc(C(=O)N2CCCC2(C(=O)N(C)C)c2cnccn2)cn1. The Labute approximate surface area is 145 Å². The van der Waals surface area contributed by atoms with Crippen LogP contribution < -0.4 is 0 Å². The summed E-state index contributed by atoms with van der Waals surface area (Å²) >= 11 is 0. The molecule has 1 aliphatic heterocycles. The molecule has 3 heterocycles. The Morgan fingerprint density at radius 3 is 2.44 bits per heavy atom. The van der Waals surface area contributed by atoms with Gasteiger partial charge in [0.05, 0.1) is 17.5 Å². The van der Waals surface area contributed by atoms with Gasteiger partial charge in [0.25, 0.3) is 11.8 Å². The summed E-state index contributed by atoms with van der Waals surface area (Å²) in [4.78, 5) is 45.9. The second-order valence-corrected chi connectivity index (χ2v) is 6.23. The maximum atomic E-state index is 13.1. The van der Waals surface area contributed by atoms with Crippen LogP contribution in [0.3, 0.4) is 0 Å².